The van der Waals surface area contributed by atoms with Gasteiger partial charge in [0.05, 0.1) is 6.26 Å². The van der Waals surface area contributed by atoms with Crippen molar-refractivity contribution in [3.8, 4) is 0 Å². The van der Waals surface area contributed by atoms with Gasteiger partial charge in [-0.05, 0) is 30.7 Å². The number of para-hydroxylation sites is 1. The van der Waals surface area contributed by atoms with Crippen LogP contribution in [0.2, 0.25) is 0 Å². The zero-order valence-electron chi connectivity index (χ0n) is 12.6. The molecule has 0 atom stereocenters. The Morgan fingerprint density at radius 2 is 1.83 bits per heavy atom. The van der Waals surface area contributed by atoms with Gasteiger partial charge in [0.25, 0.3) is 0 Å². The van der Waals surface area contributed by atoms with E-state index in [1.807, 2.05) is 43.3 Å². The van der Waals surface area contributed by atoms with Crippen molar-refractivity contribution in [1.82, 2.24) is 0 Å². The predicted molar refractivity (Wildman–Crippen MR) is 90.8 cm³/mol. The summed E-state index contributed by atoms with van der Waals surface area (Å²) in [6, 6.07) is 15.3. The minimum Gasteiger partial charge on any atom is -0.464 e. The van der Waals surface area contributed by atoms with E-state index >= 15 is 0 Å². The van der Waals surface area contributed by atoms with Gasteiger partial charge in [-0.3, -0.25) is 0 Å². The van der Waals surface area contributed by atoms with Gasteiger partial charge in [0.1, 0.15) is 11.2 Å². The van der Waals surface area contributed by atoms with E-state index in [1.165, 1.54) is 6.07 Å². The van der Waals surface area contributed by atoms with Gasteiger partial charge in [-0.15, -0.1) is 0 Å². The number of hydrogen-bond acceptors (Lipinski definition) is 4. The van der Waals surface area contributed by atoms with Crippen LogP contribution in [-0.4, -0.2) is 0 Å². The van der Waals surface area contributed by atoms with Crippen molar-refractivity contribution in [2.24, 2.45) is 0 Å². The lowest BCUT2D eigenvalue weighted by molar-refractivity contribution is 0.558. The number of fused-ring (bicyclic) bond motifs is 2. The Morgan fingerprint density at radius 3 is 2.65 bits per heavy atom. The maximum absolute atomic E-state index is 11.5. The molecule has 23 heavy (non-hydrogen) atoms. The molecule has 0 fully saturated rings. The third kappa shape index (κ3) is 2.48. The first-order valence-electron chi connectivity index (χ1n) is 7.44. The summed E-state index contributed by atoms with van der Waals surface area (Å²) in [5.41, 5.74) is 3.96. The van der Waals surface area contributed by atoms with E-state index in [0.717, 1.165) is 33.2 Å². The molecule has 4 rings (SSSR count). The van der Waals surface area contributed by atoms with Crippen LogP contribution in [0.4, 0.5) is 5.69 Å². The first-order valence-corrected chi connectivity index (χ1v) is 7.44. The van der Waals surface area contributed by atoms with E-state index < -0.39 is 0 Å². The van der Waals surface area contributed by atoms with Crippen LogP contribution in [0.1, 0.15) is 11.1 Å². The monoisotopic (exact) mass is 305 g/mol. The van der Waals surface area contributed by atoms with E-state index in [2.05, 4.69) is 5.32 Å². The second-order valence-corrected chi connectivity index (χ2v) is 5.57. The minimum atomic E-state index is -0.341. The highest BCUT2D eigenvalue weighted by Gasteiger charge is 2.10. The van der Waals surface area contributed by atoms with Crippen LogP contribution in [0.15, 0.2) is 68.4 Å². The van der Waals surface area contributed by atoms with Gasteiger partial charge in [0.15, 0.2) is 0 Å². The number of benzene rings is 2. The smallest absolute Gasteiger partial charge is 0.336 e. The molecule has 0 saturated carbocycles. The number of furan rings is 1. The highest BCUT2D eigenvalue weighted by molar-refractivity contribution is 5.96. The van der Waals surface area contributed by atoms with Crippen LogP contribution >= 0.6 is 0 Å². The zero-order chi connectivity index (χ0) is 15.8. The highest BCUT2D eigenvalue weighted by atomic mass is 16.4. The van der Waals surface area contributed by atoms with Crippen molar-refractivity contribution in [1.29, 1.82) is 0 Å². The van der Waals surface area contributed by atoms with Crippen molar-refractivity contribution in [2.45, 2.75) is 13.5 Å². The number of anilines is 1. The lowest BCUT2D eigenvalue weighted by Gasteiger charge is -2.05. The van der Waals surface area contributed by atoms with Crippen LogP contribution in [0.5, 0.6) is 0 Å². The Kier molecular flexibility index (Phi) is 3.15. The van der Waals surface area contributed by atoms with E-state index in [1.54, 1.807) is 12.3 Å². The molecule has 2 aromatic carbocycles. The highest BCUT2D eigenvalue weighted by Crippen LogP contribution is 2.28. The second-order valence-electron chi connectivity index (χ2n) is 5.57. The Morgan fingerprint density at radius 1 is 1.00 bits per heavy atom. The van der Waals surface area contributed by atoms with Gasteiger partial charge < -0.3 is 14.2 Å². The second kappa shape index (κ2) is 5.32. The molecule has 0 radical (unpaired) electrons. The molecule has 0 aliphatic carbocycles. The fraction of sp³-hybridized carbons (Fsp3) is 0.105. The van der Waals surface area contributed by atoms with Crippen molar-refractivity contribution in [3.63, 3.8) is 0 Å². The van der Waals surface area contributed by atoms with Crippen molar-refractivity contribution in [2.75, 3.05) is 5.32 Å². The van der Waals surface area contributed by atoms with E-state index in [0.29, 0.717) is 12.1 Å². The minimum absolute atomic E-state index is 0.341. The maximum atomic E-state index is 11.5. The zero-order valence-corrected chi connectivity index (χ0v) is 12.6. The third-order valence-corrected chi connectivity index (χ3v) is 3.98. The average Bonchev–Trinajstić information content (AvgIpc) is 2.94. The summed E-state index contributed by atoms with van der Waals surface area (Å²) >= 11 is 0. The predicted octanol–water partition coefficient (Wildman–Crippen LogP) is 4.46. The molecule has 0 saturated heterocycles. The summed E-state index contributed by atoms with van der Waals surface area (Å²) in [4.78, 5) is 11.5. The molecule has 4 heteroatoms. The van der Waals surface area contributed by atoms with Crippen LogP contribution in [0.3, 0.4) is 0 Å². The molecule has 1 N–H and O–H groups in total. The third-order valence-electron chi connectivity index (χ3n) is 3.98. The van der Waals surface area contributed by atoms with Gasteiger partial charge in [-0.25, -0.2) is 4.79 Å². The molecule has 114 valence electrons. The normalized spacial score (nSPS) is 11.2. The van der Waals surface area contributed by atoms with Crippen molar-refractivity contribution >= 4 is 27.6 Å². The first-order chi connectivity index (χ1) is 11.2. The number of aryl methyl sites for hydroxylation is 1. The average molecular weight is 305 g/mol. The lowest BCUT2D eigenvalue weighted by Crippen LogP contribution is -1.99. The lowest BCUT2D eigenvalue weighted by atomic mass is 10.1. The quantitative estimate of drug-likeness (QED) is 0.568. The molecule has 0 bridgehead atoms. The summed E-state index contributed by atoms with van der Waals surface area (Å²) in [5, 5.41) is 5.33. The van der Waals surface area contributed by atoms with Gasteiger partial charge in [-0.2, -0.15) is 0 Å². The van der Waals surface area contributed by atoms with Crippen LogP contribution in [0, 0.1) is 6.92 Å². The Hall–Kier alpha value is -3.01. The molecule has 0 aliphatic heterocycles. The largest absolute Gasteiger partial charge is 0.464 e. The Bertz CT molecular complexity index is 1040. The molecule has 0 aliphatic rings. The number of hydrogen-bond donors (Lipinski definition) is 1. The summed E-state index contributed by atoms with van der Waals surface area (Å²) in [6.07, 6.45) is 1.74. The van der Waals surface area contributed by atoms with E-state index in [-0.39, 0.29) is 5.63 Å². The summed E-state index contributed by atoms with van der Waals surface area (Å²) < 4.78 is 10.9. The molecular weight excluding hydrogens is 290 g/mol. The maximum Gasteiger partial charge on any atom is 0.336 e. The van der Waals surface area contributed by atoms with Crippen LogP contribution in [-0.2, 0) is 6.54 Å². The Balaban J connectivity index is 1.76. The molecule has 4 aromatic rings. The van der Waals surface area contributed by atoms with Crippen LogP contribution in [0.25, 0.3) is 21.9 Å². The molecule has 2 heterocycles. The fourth-order valence-electron chi connectivity index (χ4n) is 2.78. The molecule has 0 spiro atoms. The molecular formula is C19H15NO3. The summed E-state index contributed by atoms with van der Waals surface area (Å²) in [6.45, 7) is 2.57. The van der Waals surface area contributed by atoms with Crippen molar-refractivity contribution < 1.29 is 8.83 Å². The summed E-state index contributed by atoms with van der Waals surface area (Å²) in [5.74, 6) is 0. The number of nitrogens with one attached hydrogen (secondary N) is 1. The molecule has 2 aromatic heterocycles. The molecule has 4 nitrogen and oxygen atoms in total. The summed E-state index contributed by atoms with van der Waals surface area (Å²) in [7, 11) is 0. The van der Waals surface area contributed by atoms with Gasteiger partial charge in [0, 0.05) is 40.7 Å². The van der Waals surface area contributed by atoms with Gasteiger partial charge >= 0.3 is 5.63 Å². The molecule has 0 unspecified atom stereocenters. The topological polar surface area (TPSA) is 55.4 Å². The van der Waals surface area contributed by atoms with E-state index in [4.69, 9.17) is 8.83 Å². The van der Waals surface area contributed by atoms with Crippen molar-refractivity contribution in [3.05, 3.63) is 76.3 Å². The fourth-order valence-corrected chi connectivity index (χ4v) is 2.78. The van der Waals surface area contributed by atoms with Gasteiger partial charge in [0.2, 0.25) is 0 Å². The SMILES string of the molecule is Cc1cc(=O)oc2cc3occ(CNc4ccccc4)c3cc12. The van der Waals surface area contributed by atoms with Crippen LogP contribution < -0.4 is 10.9 Å². The molecule has 0 amide bonds. The number of rotatable bonds is 3. The van der Waals surface area contributed by atoms with Gasteiger partial charge in [-0.1, -0.05) is 18.2 Å². The van der Waals surface area contributed by atoms with E-state index in [9.17, 15) is 4.79 Å². The standard InChI is InChI=1S/C19H15NO3/c1-12-7-19(21)23-18-9-17-16(8-15(12)18)13(11-22-17)10-20-14-5-3-2-4-6-14/h2-9,11,20H,10H2,1H3. The Labute approximate surface area is 132 Å². The first kappa shape index (κ1) is 13.6.